The predicted molar refractivity (Wildman–Crippen MR) is 86.4 cm³/mol. The first-order valence-corrected chi connectivity index (χ1v) is 7.19. The zero-order valence-corrected chi connectivity index (χ0v) is 13.6. The van der Waals surface area contributed by atoms with Gasteiger partial charge in [-0.05, 0) is 29.8 Å². The van der Waals surface area contributed by atoms with E-state index in [0.29, 0.717) is 17.1 Å². The maximum atomic E-state index is 13.1. The second-order valence-corrected chi connectivity index (χ2v) is 4.96. The third kappa shape index (κ3) is 4.66. The van der Waals surface area contributed by atoms with E-state index in [1.165, 1.54) is 14.2 Å². The SMILES string of the molecule is COc1ccc(CNC(=O)C(=O)Nc2ccc(F)c(F)c2)cc1OC. The lowest BCUT2D eigenvalue weighted by Crippen LogP contribution is -2.35. The zero-order valence-electron chi connectivity index (χ0n) is 13.6. The zero-order chi connectivity index (χ0) is 18.4. The number of rotatable bonds is 5. The topological polar surface area (TPSA) is 76.7 Å². The Balaban J connectivity index is 1.95. The van der Waals surface area contributed by atoms with E-state index in [2.05, 4.69) is 10.6 Å². The summed E-state index contributed by atoms with van der Waals surface area (Å²) in [5.41, 5.74) is 0.664. The Labute approximate surface area is 142 Å². The maximum absolute atomic E-state index is 13.1. The van der Waals surface area contributed by atoms with Crippen molar-refractivity contribution >= 4 is 17.5 Å². The molecule has 6 nitrogen and oxygen atoms in total. The van der Waals surface area contributed by atoms with Gasteiger partial charge in [0, 0.05) is 18.3 Å². The van der Waals surface area contributed by atoms with Crippen LogP contribution in [0.4, 0.5) is 14.5 Å². The fraction of sp³-hybridized carbons (Fsp3) is 0.176. The standard InChI is InChI=1S/C17H16F2N2O4/c1-24-14-6-3-10(7-15(14)25-2)9-20-16(22)17(23)21-11-4-5-12(18)13(19)8-11/h3-8H,9H2,1-2H3,(H,20,22)(H,21,23). The minimum atomic E-state index is -1.12. The Morgan fingerprint density at radius 3 is 2.28 bits per heavy atom. The molecule has 25 heavy (non-hydrogen) atoms. The first-order chi connectivity index (χ1) is 11.9. The molecule has 2 aromatic carbocycles. The Bertz CT molecular complexity index is 796. The molecule has 2 rings (SSSR count). The van der Waals surface area contributed by atoms with Crippen LogP contribution in [0.2, 0.25) is 0 Å². The molecule has 132 valence electrons. The number of ether oxygens (including phenoxy) is 2. The van der Waals surface area contributed by atoms with E-state index < -0.39 is 23.4 Å². The second kappa shape index (κ2) is 8.09. The van der Waals surface area contributed by atoms with Gasteiger partial charge in [-0.15, -0.1) is 0 Å². The van der Waals surface area contributed by atoms with Crippen LogP contribution < -0.4 is 20.1 Å². The molecule has 0 bridgehead atoms. The number of hydrogen-bond donors (Lipinski definition) is 2. The first kappa shape index (κ1) is 18.2. The van der Waals surface area contributed by atoms with Gasteiger partial charge in [0.05, 0.1) is 14.2 Å². The molecule has 0 spiro atoms. The normalized spacial score (nSPS) is 10.1. The molecule has 0 saturated heterocycles. The summed E-state index contributed by atoms with van der Waals surface area (Å²) in [4.78, 5) is 23.6. The monoisotopic (exact) mass is 350 g/mol. The largest absolute Gasteiger partial charge is 0.493 e. The molecular weight excluding hydrogens is 334 g/mol. The fourth-order valence-electron chi connectivity index (χ4n) is 2.01. The van der Waals surface area contributed by atoms with Gasteiger partial charge in [0.1, 0.15) is 0 Å². The summed E-state index contributed by atoms with van der Waals surface area (Å²) in [5.74, 6) is -3.06. The number of nitrogens with one attached hydrogen (secondary N) is 2. The minimum Gasteiger partial charge on any atom is -0.493 e. The third-order valence-corrected chi connectivity index (χ3v) is 3.28. The van der Waals surface area contributed by atoms with Crippen LogP contribution in [0.15, 0.2) is 36.4 Å². The number of amides is 2. The van der Waals surface area contributed by atoms with Gasteiger partial charge >= 0.3 is 11.8 Å². The molecule has 0 aromatic heterocycles. The summed E-state index contributed by atoms with van der Waals surface area (Å²) in [5, 5.41) is 4.60. The van der Waals surface area contributed by atoms with Gasteiger partial charge in [-0.25, -0.2) is 8.78 Å². The van der Waals surface area contributed by atoms with Crippen molar-refractivity contribution < 1.29 is 27.8 Å². The first-order valence-electron chi connectivity index (χ1n) is 7.19. The molecule has 0 radical (unpaired) electrons. The van der Waals surface area contributed by atoms with E-state index in [0.717, 1.165) is 18.2 Å². The highest BCUT2D eigenvalue weighted by atomic mass is 19.2. The van der Waals surface area contributed by atoms with Gasteiger partial charge in [-0.1, -0.05) is 6.07 Å². The highest BCUT2D eigenvalue weighted by Crippen LogP contribution is 2.27. The average Bonchev–Trinajstić information content (AvgIpc) is 2.62. The number of carbonyl (C=O) groups excluding carboxylic acids is 2. The predicted octanol–water partition coefficient (Wildman–Crippen LogP) is 2.24. The van der Waals surface area contributed by atoms with Gasteiger partial charge < -0.3 is 20.1 Å². The van der Waals surface area contributed by atoms with Crippen molar-refractivity contribution in [3.8, 4) is 11.5 Å². The summed E-state index contributed by atoms with van der Waals surface area (Å²) in [6, 6.07) is 7.82. The van der Waals surface area contributed by atoms with Crippen LogP contribution in [-0.2, 0) is 16.1 Å². The van der Waals surface area contributed by atoms with E-state index >= 15 is 0 Å². The summed E-state index contributed by atoms with van der Waals surface area (Å²) >= 11 is 0. The number of halogens is 2. The van der Waals surface area contributed by atoms with E-state index in [1.54, 1.807) is 18.2 Å². The van der Waals surface area contributed by atoms with Crippen molar-refractivity contribution in [3.63, 3.8) is 0 Å². The Morgan fingerprint density at radius 1 is 0.920 bits per heavy atom. The molecule has 0 atom stereocenters. The molecule has 8 heteroatoms. The third-order valence-electron chi connectivity index (χ3n) is 3.28. The van der Waals surface area contributed by atoms with Gasteiger partial charge in [-0.3, -0.25) is 9.59 Å². The van der Waals surface area contributed by atoms with Crippen LogP contribution in [0.25, 0.3) is 0 Å². The summed E-state index contributed by atoms with van der Waals surface area (Å²) in [7, 11) is 2.98. The molecule has 0 unspecified atom stereocenters. The number of carbonyl (C=O) groups is 2. The van der Waals surface area contributed by atoms with Crippen LogP contribution in [0, 0.1) is 11.6 Å². The van der Waals surface area contributed by atoms with Crippen molar-refractivity contribution in [1.82, 2.24) is 5.32 Å². The Kier molecular flexibility index (Phi) is 5.89. The van der Waals surface area contributed by atoms with Crippen LogP contribution in [0.1, 0.15) is 5.56 Å². The van der Waals surface area contributed by atoms with Crippen LogP contribution >= 0.6 is 0 Å². The Morgan fingerprint density at radius 2 is 1.64 bits per heavy atom. The number of benzene rings is 2. The average molecular weight is 350 g/mol. The summed E-state index contributed by atoms with van der Waals surface area (Å²) in [6.45, 7) is 0.0738. The number of anilines is 1. The molecule has 2 aromatic rings. The molecule has 0 aliphatic heterocycles. The quantitative estimate of drug-likeness (QED) is 0.811. The van der Waals surface area contributed by atoms with E-state index in [-0.39, 0.29) is 12.2 Å². The molecule has 0 saturated carbocycles. The van der Waals surface area contributed by atoms with Gasteiger partial charge in [-0.2, -0.15) is 0 Å². The van der Waals surface area contributed by atoms with Gasteiger partial charge in [0.25, 0.3) is 0 Å². The molecule has 2 N–H and O–H groups in total. The minimum absolute atomic E-state index is 0.0230. The number of methoxy groups -OCH3 is 2. The lowest BCUT2D eigenvalue weighted by molar-refractivity contribution is -0.136. The lowest BCUT2D eigenvalue weighted by atomic mass is 10.2. The molecule has 0 fully saturated rings. The van der Waals surface area contributed by atoms with Crippen molar-refractivity contribution in [2.45, 2.75) is 6.54 Å². The van der Waals surface area contributed by atoms with Crippen LogP contribution in [0.5, 0.6) is 11.5 Å². The smallest absolute Gasteiger partial charge is 0.313 e. The number of hydrogen-bond acceptors (Lipinski definition) is 4. The van der Waals surface area contributed by atoms with Gasteiger partial charge in [0.2, 0.25) is 0 Å². The van der Waals surface area contributed by atoms with Crippen molar-refractivity contribution in [3.05, 3.63) is 53.6 Å². The molecule has 0 aliphatic rings. The molecule has 2 amide bonds. The van der Waals surface area contributed by atoms with E-state index in [1.807, 2.05) is 0 Å². The van der Waals surface area contributed by atoms with Crippen LogP contribution in [0.3, 0.4) is 0 Å². The van der Waals surface area contributed by atoms with Crippen LogP contribution in [-0.4, -0.2) is 26.0 Å². The second-order valence-electron chi connectivity index (χ2n) is 4.96. The van der Waals surface area contributed by atoms with E-state index in [9.17, 15) is 18.4 Å². The molecular formula is C17H16F2N2O4. The molecule has 0 heterocycles. The molecule has 0 aliphatic carbocycles. The van der Waals surface area contributed by atoms with Gasteiger partial charge in [0.15, 0.2) is 23.1 Å². The van der Waals surface area contributed by atoms with E-state index in [4.69, 9.17) is 9.47 Å². The highest BCUT2D eigenvalue weighted by Gasteiger charge is 2.15. The lowest BCUT2D eigenvalue weighted by Gasteiger charge is -2.10. The highest BCUT2D eigenvalue weighted by molar-refractivity contribution is 6.39. The van der Waals surface area contributed by atoms with Crippen molar-refractivity contribution in [2.24, 2.45) is 0 Å². The Hall–Kier alpha value is -3.16. The fourth-order valence-corrected chi connectivity index (χ4v) is 2.01. The van der Waals surface area contributed by atoms with Crippen molar-refractivity contribution in [1.29, 1.82) is 0 Å². The maximum Gasteiger partial charge on any atom is 0.313 e. The van der Waals surface area contributed by atoms with Crippen molar-refractivity contribution in [2.75, 3.05) is 19.5 Å². The summed E-state index contributed by atoms with van der Waals surface area (Å²) < 4.78 is 36.2. The summed E-state index contributed by atoms with van der Waals surface area (Å²) in [6.07, 6.45) is 0.